The van der Waals surface area contributed by atoms with Gasteiger partial charge in [0.25, 0.3) is 0 Å². The van der Waals surface area contributed by atoms with Gasteiger partial charge in [-0.15, -0.1) is 0 Å². The fourth-order valence-corrected chi connectivity index (χ4v) is 7.69. The Balaban J connectivity index is 1.43. The molecule has 6 rings (SSSR count). The Morgan fingerprint density at radius 3 is 2.31 bits per heavy atom. The van der Waals surface area contributed by atoms with Crippen LogP contribution in [-0.2, 0) is 5.41 Å². The Morgan fingerprint density at radius 1 is 1.03 bits per heavy atom. The Labute approximate surface area is 181 Å². The van der Waals surface area contributed by atoms with Gasteiger partial charge in [-0.25, -0.2) is 0 Å². The van der Waals surface area contributed by atoms with E-state index in [-0.39, 0.29) is 10.8 Å². The predicted molar refractivity (Wildman–Crippen MR) is 125 cm³/mol. The van der Waals surface area contributed by atoms with E-state index in [2.05, 4.69) is 49.5 Å². The van der Waals surface area contributed by atoms with Crippen molar-refractivity contribution in [3.63, 3.8) is 0 Å². The van der Waals surface area contributed by atoms with Gasteiger partial charge in [0.1, 0.15) is 4.99 Å². The van der Waals surface area contributed by atoms with Crippen LogP contribution >= 0.6 is 12.2 Å². The molecule has 2 unspecified atom stereocenters. The number of rotatable bonds is 3. The van der Waals surface area contributed by atoms with Crippen molar-refractivity contribution in [3.05, 3.63) is 47.5 Å². The quantitative estimate of drug-likeness (QED) is 0.380. The van der Waals surface area contributed by atoms with Crippen LogP contribution in [0.15, 0.2) is 47.0 Å². The van der Waals surface area contributed by atoms with Gasteiger partial charge >= 0.3 is 0 Å². The van der Waals surface area contributed by atoms with E-state index in [0.717, 1.165) is 17.8 Å². The fourth-order valence-electron chi connectivity index (χ4n) is 7.39. The van der Waals surface area contributed by atoms with Crippen LogP contribution in [0.3, 0.4) is 0 Å². The van der Waals surface area contributed by atoms with Crippen molar-refractivity contribution in [2.45, 2.75) is 76.2 Å². The van der Waals surface area contributed by atoms with Crippen LogP contribution in [0.1, 0.15) is 70.3 Å². The summed E-state index contributed by atoms with van der Waals surface area (Å²) >= 11 is 6.07. The molecule has 0 spiro atoms. The smallest absolute Gasteiger partial charge is 0.109 e. The van der Waals surface area contributed by atoms with Crippen LogP contribution in [0.4, 0.5) is 0 Å². The molecule has 5 fully saturated rings. The first kappa shape index (κ1) is 19.6. The largest absolute Gasteiger partial charge is 0.328 e. The summed E-state index contributed by atoms with van der Waals surface area (Å²) in [4.78, 5) is 5.98. The van der Waals surface area contributed by atoms with Crippen molar-refractivity contribution in [1.82, 2.24) is 0 Å². The van der Waals surface area contributed by atoms with E-state index in [9.17, 15) is 0 Å². The Hall–Kier alpha value is -1.32. The zero-order chi connectivity index (χ0) is 20.1. The van der Waals surface area contributed by atoms with Crippen LogP contribution in [-0.4, -0.2) is 17.2 Å². The zero-order valence-corrected chi connectivity index (χ0v) is 18.5. The van der Waals surface area contributed by atoms with E-state index in [1.807, 2.05) is 0 Å². The topological polar surface area (TPSA) is 38.4 Å². The molecule has 5 aliphatic rings. The summed E-state index contributed by atoms with van der Waals surface area (Å²) in [5, 5.41) is 0. The number of hydrogen-bond donors (Lipinski definition) is 1. The van der Waals surface area contributed by atoms with Gasteiger partial charge in [0, 0.05) is 17.7 Å². The molecule has 5 aliphatic carbocycles. The third-order valence-electron chi connectivity index (χ3n) is 8.56. The van der Waals surface area contributed by atoms with Crippen LogP contribution < -0.4 is 5.73 Å². The molecule has 0 saturated heterocycles. The van der Waals surface area contributed by atoms with Crippen molar-refractivity contribution in [2.24, 2.45) is 33.9 Å². The molecule has 5 saturated carbocycles. The fraction of sp³-hybridized carbons (Fsp3) is 0.615. The highest BCUT2D eigenvalue weighted by molar-refractivity contribution is 7.80. The summed E-state index contributed by atoms with van der Waals surface area (Å²) in [6.07, 6.45) is 15.4. The summed E-state index contributed by atoms with van der Waals surface area (Å²) < 4.78 is 0. The third kappa shape index (κ3) is 3.35. The highest BCUT2D eigenvalue weighted by Crippen LogP contribution is 2.67. The van der Waals surface area contributed by atoms with Crippen molar-refractivity contribution in [2.75, 3.05) is 0 Å². The second-order valence-electron chi connectivity index (χ2n) is 10.4. The molecule has 4 bridgehead atoms. The van der Waals surface area contributed by atoms with Crippen molar-refractivity contribution < 1.29 is 0 Å². The minimum absolute atomic E-state index is 0.116. The predicted octanol–water partition coefficient (Wildman–Crippen LogP) is 6.00. The lowest BCUT2D eigenvalue weighted by molar-refractivity contribution is 0.00727. The molecule has 2 atom stereocenters. The minimum atomic E-state index is 0.116. The van der Waals surface area contributed by atoms with Gasteiger partial charge in [-0.05, 0) is 93.4 Å². The molecule has 154 valence electrons. The first-order valence-corrected chi connectivity index (χ1v) is 12.0. The molecular formula is C26H34N2S. The first-order chi connectivity index (χ1) is 14.0. The standard InChI is InChI=1S/C26H34N2S/c1-2-23-19-12-25(21-6-4-3-5-7-21)13-20(23)15-26(14-19,17-25)24(29)28-16-18-8-10-22(27)11-9-18/h2-7,16,18-20,22H,8-15,17,27H2,1H3. The average molecular weight is 407 g/mol. The van der Waals surface area contributed by atoms with E-state index in [0.29, 0.717) is 23.8 Å². The van der Waals surface area contributed by atoms with E-state index < -0.39 is 0 Å². The van der Waals surface area contributed by atoms with Crippen molar-refractivity contribution in [3.8, 4) is 0 Å². The number of nitrogens with two attached hydrogens (primary N) is 1. The van der Waals surface area contributed by atoms with Gasteiger partial charge in [0.05, 0.1) is 0 Å². The molecule has 3 heteroatoms. The minimum Gasteiger partial charge on any atom is -0.328 e. The highest BCUT2D eigenvalue weighted by atomic mass is 32.1. The molecule has 0 aromatic heterocycles. The molecule has 0 radical (unpaired) electrons. The van der Waals surface area contributed by atoms with Crippen LogP contribution in [0.25, 0.3) is 0 Å². The maximum absolute atomic E-state index is 6.08. The number of benzene rings is 1. The summed E-state index contributed by atoms with van der Waals surface area (Å²) in [6.45, 7) is 2.24. The molecule has 0 amide bonds. The number of hydrogen-bond acceptors (Lipinski definition) is 2. The second kappa shape index (κ2) is 7.42. The summed E-state index contributed by atoms with van der Waals surface area (Å²) in [6, 6.07) is 11.7. The molecule has 29 heavy (non-hydrogen) atoms. The van der Waals surface area contributed by atoms with E-state index in [1.165, 1.54) is 50.5 Å². The lowest BCUT2D eigenvalue weighted by atomic mass is 9.41. The van der Waals surface area contributed by atoms with Crippen LogP contribution in [0, 0.1) is 23.2 Å². The Bertz CT molecular complexity index is 814. The maximum atomic E-state index is 6.08. The Morgan fingerprint density at radius 2 is 1.69 bits per heavy atom. The van der Waals surface area contributed by atoms with E-state index in [1.54, 1.807) is 5.57 Å². The number of thiocarbonyl (C=S) groups is 1. The van der Waals surface area contributed by atoms with Gasteiger partial charge in [-0.3, -0.25) is 4.99 Å². The van der Waals surface area contributed by atoms with Crippen LogP contribution in [0.2, 0.25) is 0 Å². The first-order valence-electron chi connectivity index (χ1n) is 11.6. The molecule has 0 heterocycles. The van der Waals surface area contributed by atoms with Gasteiger partial charge in [0.2, 0.25) is 0 Å². The second-order valence-corrected chi connectivity index (χ2v) is 10.7. The van der Waals surface area contributed by atoms with E-state index in [4.69, 9.17) is 22.9 Å². The summed E-state index contributed by atoms with van der Waals surface area (Å²) in [5.41, 5.74) is 9.72. The zero-order valence-electron chi connectivity index (χ0n) is 17.6. The third-order valence-corrected chi connectivity index (χ3v) is 9.10. The van der Waals surface area contributed by atoms with Crippen LogP contribution in [0.5, 0.6) is 0 Å². The lowest BCUT2D eigenvalue weighted by Crippen LogP contribution is -2.57. The molecule has 1 aromatic carbocycles. The monoisotopic (exact) mass is 406 g/mol. The Kier molecular flexibility index (Phi) is 5.03. The number of aliphatic imine (C=N–C) groups is 1. The normalized spacial score (nSPS) is 41.1. The van der Waals surface area contributed by atoms with Crippen molar-refractivity contribution >= 4 is 23.4 Å². The van der Waals surface area contributed by atoms with Gasteiger partial charge in [0.15, 0.2) is 0 Å². The highest BCUT2D eigenvalue weighted by Gasteiger charge is 2.61. The number of allylic oxidation sites excluding steroid dienone is 2. The summed E-state index contributed by atoms with van der Waals surface area (Å²) in [7, 11) is 0. The van der Waals surface area contributed by atoms with E-state index >= 15 is 0 Å². The van der Waals surface area contributed by atoms with Gasteiger partial charge < -0.3 is 5.73 Å². The molecular weight excluding hydrogens is 372 g/mol. The summed E-state index contributed by atoms with van der Waals surface area (Å²) in [5.74, 6) is 1.93. The van der Waals surface area contributed by atoms with Gasteiger partial charge in [-0.2, -0.15) is 0 Å². The molecule has 0 aliphatic heterocycles. The lowest BCUT2D eigenvalue weighted by Gasteiger charge is -2.63. The SMILES string of the molecule is CC=C1C2CC3(C(=S)N=CC4CCC(N)CC4)CC1CC(c1ccccc1)(C2)C3. The van der Waals surface area contributed by atoms with Gasteiger partial charge in [-0.1, -0.05) is 54.2 Å². The maximum Gasteiger partial charge on any atom is 0.109 e. The molecule has 2 N–H and O–H groups in total. The molecule has 2 nitrogen and oxygen atoms in total. The number of nitrogens with zero attached hydrogens (tertiary/aromatic N) is 1. The van der Waals surface area contributed by atoms with Crippen molar-refractivity contribution in [1.29, 1.82) is 0 Å². The average Bonchev–Trinajstić information content (AvgIpc) is 2.73. The molecule has 1 aromatic rings.